The van der Waals surface area contributed by atoms with Crippen molar-refractivity contribution in [2.24, 2.45) is 5.92 Å². The van der Waals surface area contributed by atoms with Crippen molar-refractivity contribution in [3.63, 3.8) is 0 Å². The summed E-state index contributed by atoms with van der Waals surface area (Å²) in [6.45, 7) is 5.54. The van der Waals surface area contributed by atoms with Crippen LogP contribution in [0, 0.1) is 5.92 Å². The molecule has 0 radical (unpaired) electrons. The molecule has 0 unspecified atom stereocenters. The van der Waals surface area contributed by atoms with E-state index in [-0.39, 0.29) is 12.0 Å². The van der Waals surface area contributed by atoms with Gasteiger partial charge in [0.25, 0.3) is 0 Å². The van der Waals surface area contributed by atoms with Crippen LogP contribution >= 0.6 is 22.6 Å². The van der Waals surface area contributed by atoms with E-state index in [0.717, 1.165) is 31.8 Å². The van der Waals surface area contributed by atoms with Crippen molar-refractivity contribution in [1.29, 1.82) is 0 Å². The Morgan fingerprint density at radius 1 is 0.968 bits per heavy atom. The highest BCUT2D eigenvalue weighted by atomic mass is 127. The van der Waals surface area contributed by atoms with Crippen molar-refractivity contribution in [2.75, 3.05) is 20.8 Å². The third kappa shape index (κ3) is 5.80. The van der Waals surface area contributed by atoms with Crippen LogP contribution in [0.3, 0.4) is 0 Å². The molecule has 0 saturated carbocycles. The van der Waals surface area contributed by atoms with Crippen molar-refractivity contribution in [1.82, 2.24) is 0 Å². The Labute approximate surface area is 198 Å². The van der Waals surface area contributed by atoms with Crippen LogP contribution in [0.2, 0.25) is 0 Å². The molecule has 0 bridgehead atoms. The average Bonchev–Trinajstić information content (AvgIpc) is 3.03. The minimum absolute atomic E-state index is 0.0535. The third-order valence-corrected chi connectivity index (χ3v) is 7.71. The lowest BCUT2D eigenvalue weighted by Gasteiger charge is -2.31. The minimum Gasteiger partial charge on any atom is -0.497 e. The van der Waals surface area contributed by atoms with Crippen LogP contribution in [0.15, 0.2) is 57.7 Å². The lowest BCUT2D eigenvalue weighted by molar-refractivity contribution is -0.0442. The molecule has 3 atom stereocenters. The molecule has 0 heterocycles. The van der Waals surface area contributed by atoms with Crippen LogP contribution in [0.4, 0.5) is 0 Å². The van der Waals surface area contributed by atoms with Crippen molar-refractivity contribution < 1.29 is 24.1 Å². The molecule has 31 heavy (non-hydrogen) atoms. The first kappa shape index (κ1) is 24.0. The Balaban J connectivity index is 1.53. The lowest BCUT2D eigenvalue weighted by Crippen LogP contribution is -2.38. The highest BCUT2D eigenvalue weighted by molar-refractivity contribution is 14.1. The minimum atomic E-state index is -0.935. The second-order valence-corrected chi connectivity index (χ2v) is 9.12. The highest BCUT2D eigenvalue weighted by Crippen LogP contribution is 2.45. The molecule has 1 aliphatic carbocycles. The zero-order chi connectivity index (χ0) is 22.4. The van der Waals surface area contributed by atoms with Gasteiger partial charge in [-0.25, -0.2) is 0 Å². The van der Waals surface area contributed by atoms with Gasteiger partial charge in [-0.05, 0) is 70.5 Å². The van der Waals surface area contributed by atoms with E-state index in [2.05, 4.69) is 22.6 Å². The summed E-state index contributed by atoms with van der Waals surface area (Å²) >= 11 is 2.27. The SMILES string of the molecule is COc1ccc(COC[C@@H](C)[C@@]2(O)C[C@H](OCc3ccc(OC)cc3)C(C)=C2I)cc1. The molecular weight excluding hydrogens is 507 g/mol. The van der Waals surface area contributed by atoms with Gasteiger partial charge in [-0.2, -0.15) is 0 Å². The molecule has 1 N–H and O–H groups in total. The summed E-state index contributed by atoms with van der Waals surface area (Å²) in [5.74, 6) is 1.60. The van der Waals surface area contributed by atoms with E-state index in [4.69, 9.17) is 18.9 Å². The predicted molar refractivity (Wildman–Crippen MR) is 130 cm³/mol. The van der Waals surface area contributed by atoms with Gasteiger partial charge in [0.05, 0.1) is 40.1 Å². The summed E-state index contributed by atoms with van der Waals surface area (Å²) in [7, 11) is 3.31. The first-order chi connectivity index (χ1) is 14.9. The van der Waals surface area contributed by atoms with Crippen molar-refractivity contribution in [3.8, 4) is 11.5 Å². The molecule has 2 aromatic carbocycles. The molecule has 2 aromatic rings. The first-order valence-electron chi connectivity index (χ1n) is 10.4. The topological polar surface area (TPSA) is 57.2 Å². The van der Waals surface area contributed by atoms with Crippen LogP contribution in [-0.2, 0) is 22.7 Å². The summed E-state index contributed by atoms with van der Waals surface area (Å²) < 4.78 is 23.4. The van der Waals surface area contributed by atoms with Crippen LogP contribution in [0.1, 0.15) is 31.4 Å². The zero-order valence-electron chi connectivity index (χ0n) is 18.6. The van der Waals surface area contributed by atoms with Gasteiger partial charge in [0, 0.05) is 15.9 Å². The van der Waals surface area contributed by atoms with E-state index in [1.165, 1.54) is 0 Å². The van der Waals surface area contributed by atoms with Gasteiger partial charge < -0.3 is 24.1 Å². The zero-order valence-corrected chi connectivity index (χ0v) is 20.7. The number of halogens is 1. The molecule has 168 valence electrons. The molecule has 0 spiro atoms. The van der Waals surface area contributed by atoms with E-state index in [9.17, 15) is 5.11 Å². The molecule has 0 aliphatic heterocycles. The number of benzene rings is 2. The Morgan fingerprint density at radius 3 is 2.00 bits per heavy atom. The van der Waals surface area contributed by atoms with Crippen LogP contribution in [0.25, 0.3) is 0 Å². The fourth-order valence-electron chi connectivity index (χ4n) is 3.74. The number of hydrogen-bond donors (Lipinski definition) is 1. The lowest BCUT2D eigenvalue weighted by atomic mass is 9.88. The van der Waals surface area contributed by atoms with Gasteiger partial charge in [0.15, 0.2) is 0 Å². The van der Waals surface area contributed by atoms with E-state index in [0.29, 0.717) is 26.2 Å². The number of hydrogen-bond acceptors (Lipinski definition) is 5. The maximum Gasteiger partial charge on any atom is 0.118 e. The van der Waals surface area contributed by atoms with Crippen LogP contribution < -0.4 is 9.47 Å². The molecule has 3 rings (SSSR count). The van der Waals surface area contributed by atoms with Crippen LogP contribution in [-0.4, -0.2) is 37.6 Å². The maximum atomic E-state index is 11.4. The molecule has 5 nitrogen and oxygen atoms in total. The van der Waals surface area contributed by atoms with Gasteiger partial charge in [-0.3, -0.25) is 0 Å². The second-order valence-electron chi connectivity index (χ2n) is 8.04. The molecule has 0 fully saturated rings. The largest absolute Gasteiger partial charge is 0.497 e. The fraction of sp³-hybridized carbons (Fsp3) is 0.440. The van der Waals surface area contributed by atoms with Crippen molar-refractivity contribution in [2.45, 2.75) is 45.2 Å². The standard InChI is InChI=1S/C25H31IO5/c1-17(14-30-15-19-5-9-21(28-3)10-6-19)25(27)13-23(18(2)24(25)26)31-16-20-7-11-22(29-4)12-8-20/h5-12,17,23,27H,13-16H2,1-4H3/t17-,23+,25+/m1/s1. The van der Waals surface area contributed by atoms with E-state index >= 15 is 0 Å². The maximum absolute atomic E-state index is 11.4. The molecule has 0 aromatic heterocycles. The summed E-state index contributed by atoms with van der Waals surface area (Å²) in [6.07, 6.45) is 0.434. The van der Waals surface area contributed by atoms with Gasteiger partial charge >= 0.3 is 0 Å². The number of rotatable bonds is 10. The molecule has 1 aliphatic rings. The number of aliphatic hydroxyl groups is 1. The van der Waals surface area contributed by atoms with Gasteiger partial charge in [0.2, 0.25) is 0 Å². The third-order valence-electron chi connectivity index (χ3n) is 5.93. The van der Waals surface area contributed by atoms with Gasteiger partial charge in [-0.15, -0.1) is 0 Å². The average molecular weight is 538 g/mol. The van der Waals surface area contributed by atoms with E-state index < -0.39 is 5.60 Å². The van der Waals surface area contributed by atoms with Gasteiger partial charge in [-0.1, -0.05) is 31.2 Å². The molecule has 6 heteroatoms. The predicted octanol–water partition coefficient (Wildman–Crippen LogP) is 5.29. The number of ether oxygens (including phenoxy) is 4. The summed E-state index contributed by atoms with van der Waals surface area (Å²) in [5.41, 5.74) is 2.32. The highest BCUT2D eigenvalue weighted by Gasteiger charge is 2.46. The first-order valence-corrected chi connectivity index (χ1v) is 11.5. The fourth-order valence-corrected chi connectivity index (χ4v) is 4.84. The number of methoxy groups -OCH3 is 2. The normalized spacial score (nSPS) is 21.9. The molecule has 0 saturated heterocycles. The van der Waals surface area contributed by atoms with Crippen LogP contribution in [0.5, 0.6) is 11.5 Å². The Morgan fingerprint density at radius 2 is 1.48 bits per heavy atom. The smallest absolute Gasteiger partial charge is 0.118 e. The molecular formula is C25H31IO5. The summed E-state index contributed by atoms with van der Waals surface area (Å²) in [4.78, 5) is 0. The van der Waals surface area contributed by atoms with E-state index in [1.54, 1.807) is 14.2 Å². The van der Waals surface area contributed by atoms with E-state index in [1.807, 2.05) is 62.4 Å². The summed E-state index contributed by atoms with van der Waals surface area (Å²) in [6, 6.07) is 15.7. The summed E-state index contributed by atoms with van der Waals surface area (Å²) in [5, 5.41) is 11.4. The van der Waals surface area contributed by atoms with Crippen molar-refractivity contribution >= 4 is 22.6 Å². The van der Waals surface area contributed by atoms with Crippen molar-refractivity contribution in [3.05, 3.63) is 68.8 Å². The van der Waals surface area contributed by atoms with Gasteiger partial charge in [0.1, 0.15) is 17.1 Å². The molecule has 0 amide bonds. The second kappa shape index (κ2) is 10.8. The Hall–Kier alpha value is -1.61. The quantitative estimate of drug-likeness (QED) is 0.417. The Kier molecular flexibility index (Phi) is 8.38. The Bertz CT molecular complexity index is 878. The monoisotopic (exact) mass is 538 g/mol.